The van der Waals surface area contributed by atoms with Gasteiger partial charge in [0.2, 0.25) is 0 Å². The molecule has 2 aliphatic heterocycles. The van der Waals surface area contributed by atoms with Crippen LogP contribution in [0.5, 0.6) is 0 Å². The minimum absolute atomic E-state index is 0.236. The first-order valence-corrected chi connectivity index (χ1v) is 3.51. The molecule has 2 heterocycles. The number of aliphatic hydroxyl groups is 3. The third-order valence-corrected chi connectivity index (χ3v) is 2.11. The van der Waals surface area contributed by atoms with Gasteiger partial charge in [-0.1, -0.05) is 0 Å². The first-order chi connectivity index (χ1) is 5.20. The first-order valence-electron chi connectivity index (χ1n) is 3.51. The Hall–Kier alpha value is -0.200. The van der Waals surface area contributed by atoms with Crippen molar-refractivity contribution in [1.82, 2.24) is 0 Å². The first kappa shape index (κ1) is 7.45. The molecule has 2 fully saturated rings. The fourth-order valence-electron chi connectivity index (χ4n) is 1.46. The highest BCUT2D eigenvalue weighted by Gasteiger charge is 2.49. The zero-order valence-electron chi connectivity index (χ0n) is 5.75. The lowest BCUT2D eigenvalue weighted by Gasteiger charge is -2.31. The highest BCUT2D eigenvalue weighted by molar-refractivity contribution is 4.94. The van der Waals surface area contributed by atoms with Crippen LogP contribution in [0.25, 0.3) is 0 Å². The highest BCUT2D eigenvalue weighted by Crippen LogP contribution is 2.28. The summed E-state index contributed by atoms with van der Waals surface area (Å²) >= 11 is 0. The summed E-state index contributed by atoms with van der Waals surface area (Å²) in [6.07, 6.45) is -4.35. The van der Waals surface area contributed by atoms with E-state index in [-0.39, 0.29) is 6.61 Å². The zero-order valence-corrected chi connectivity index (χ0v) is 5.75. The molecule has 64 valence electrons. The van der Waals surface area contributed by atoms with E-state index in [1.54, 1.807) is 0 Å². The summed E-state index contributed by atoms with van der Waals surface area (Å²) in [6.45, 7) is 0.236. The lowest BCUT2D eigenvalue weighted by atomic mass is 10.0. The second-order valence-electron chi connectivity index (χ2n) is 2.84. The molecule has 0 aliphatic carbocycles. The molecule has 2 saturated heterocycles. The summed E-state index contributed by atoms with van der Waals surface area (Å²) in [5.41, 5.74) is 0. The Kier molecular flexibility index (Phi) is 1.62. The Morgan fingerprint density at radius 1 is 1.09 bits per heavy atom. The minimum atomic E-state index is -1.23. The normalized spacial score (nSPS) is 56.5. The van der Waals surface area contributed by atoms with E-state index in [1.165, 1.54) is 0 Å². The van der Waals surface area contributed by atoms with E-state index in [9.17, 15) is 10.2 Å². The second kappa shape index (κ2) is 2.40. The fraction of sp³-hybridized carbons (Fsp3) is 1.00. The second-order valence-corrected chi connectivity index (χ2v) is 2.84. The van der Waals surface area contributed by atoms with Gasteiger partial charge < -0.3 is 24.8 Å². The van der Waals surface area contributed by atoms with E-state index in [0.717, 1.165) is 0 Å². The van der Waals surface area contributed by atoms with Gasteiger partial charge in [0.1, 0.15) is 24.4 Å². The van der Waals surface area contributed by atoms with Gasteiger partial charge in [0.05, 0.1) is 6.61 Å². The van der Waals surface area contributed by atoms with Gasteiger partial charge in [-0.05, 0) is 0 Å². The molecule has 2 rings (SSSR count). The van der Waals surface area contributed by atoms with Crippen LogP contribution in [0, 0.1) is 0 Å². The predicted octanol–water partition coefficient (Wildman–Crippen LogP) is -2.18. The van der Waals surface area contributed by atoms with Crippen LogP contribution >= 0.6 is 0 Å². The Labute approximate surface area is 63.2 Å². The van der Waals surface area contributed by atoms with Crippen LogP contribution in [0.3, 0.4) is 0 Å². The Bertz CT molecular complexity index is 161. The fourth-order valence-corrected chi connectivity index (χ4v) is 1.46. The van der Waals surface area contributed by atoms with Crippen molar-refractivity contribution >= 4 is 0 Å². The predicted molar refractivity (Wildman–Crippen MR) is 32.6 cm³/mol. The SMILES string of the molecule is OC1[C@@H](O)OC2CO[C@@H]1[C@@H]2O. The Balaban J connectivity index is 2.16. The van der Waals surface area contributed by atoms with E-state index in [2.05, 4.69) is 0 Å². The summed E-state index contributed by atoms with van der Waals surface area (Å²) in [5.74, 6) is 0. The summed E-state index contributed by atoms with van der Waals surface area (Å²) in [6, 6.07) is 0. The van der Waals surface area contributed by atoms with Gasteiger partial charge in [-0.25, -0.2) is 0 Å². The maximum atomic E-state index is 9.28. The van der Waals surface area contributed by atoms with Crippen molar-refractivity contribution in [3.8, 4) is 0 Å². The largest absolute Gasteiger partial charge is 0.387 e. The van der Waals surface area contributed by atoms with Gasteiger partial charge in [-0.15, -0.1) is 0 Å². The quantitative estimate of drug-likeness (QED) is 0.377. The minimum Gasteiger partial charge on any atom is -0.387 e. The number of ether oxygens (including phenoxy) is 2. The molecule has 0 aromatic carbocycles. The lowest BCUT2D eigenvalue weighted by Crippen LogP contribution is -2.52. The van der Waals surface area contributed by atoms with Crippen molar-refractivity contribution < 1.29 is 24.8 Å². The average molecular weight is 162 g/mol. The van der Waals surface area contributed by atoms with Gasteiger partial charge in [0.15, 0.2) is 6.29 Å². The molecule has 0 aromatic rings. The number of hydrogen-bond donors (Lipinski definition) is 3. The van der Waals surface area contributed by atoms with Crippen LogP contribution in [-0.4, -0.2) is 52.6 Å². The van der Waals surface area contributed by atoms with Crippen LogP contribution in [0.2, 0.25) is 0 Å². The molecule has 5 nitrogen and oxygen atoms in total. The molecule has 0 amide bonds. The number of hydrogen-bond acceptors (Lipinski definition) is 5. The van der Waals surface area contributed by atoms with E-state index < -0.39 is 30.7 Å². The van der Waals surface area contributed by atoms with E-state index >= 15 is 0 Å². The topological polar surface area (TPSA) is 79.2 Å². The van der Waals surface area contributed by atoms with Crippen LogP contribution in [0.1, 0.15) is 0 Å². The average Bonchev–Trinajstić information content (AvgIpc) is 2.23. The number of fused-ring (bicyclic) bond motifs is 2. The number of aliphatic hydroxyl groups excluding tert-OH is 3. The summed E-state index contributed by atoms with van der Waals surface area (Å²) in [5, 5.41) is 27.5. The molecule has 2 unspecified atom stereocenters. The molecule has 0 radical (unpaired) electrons. The van der Waals surface area contributed by atoms with Crippen molar-refractivity contribution in [2.45, 2.75) is 30.7 Å². The lowest BCUT2D eigenvalue weighted by molar-refractivity contribution is -0.242. The molecule has 0 spiro atoms. The van der Waals surface area contributed by atoms with E-state index in [4.69, 9.17) is 14.6 Å². The van der Waals surface area contributed by atoms with Gasteiger partial charge in [0, 0.05) is 0 Å². The highest BCUT2D eigenvalue weighted by atomic mass is 16.7. The van der Waals surface area contributed by atoms with Gasteiger partial charge in [-0.3, -0.25) is 0 Å². The van der Waals surface area contributed by atoms with Crippen molar-refractivity contribution in [2.75, 3.05) is 6.61 Å². The van der Waals surface area contributed by atoms with Crippen LogP contribution in [0.4, 0.5) is 0 Å². The van der Waals surface area contributed by atoms with Crippen LogP contribution in [-0.2, 0) is 9.47 Å². The number of rotatable bonds is 0. The molecule has 3 N–H and O–H groups in total. The van der Waals surface area contributed by atoms with E-state index in [0.29, 0.717) is 0 Å². The molecule has 2 bridgehead atoms. The maximum Gasteiger partial charge on any atom is 0.184 e. The van der Waals surface area contributed by atoms with Gasteiger partial charge >= 0.3 is 0 Å². The smallest absolute Gasteiger partial charge is 0.184 e. The molecule has 5 atom stereocenters. The molecule has 5 heteroatoms. The van der Waals surface area contributed by atoms with Crippen molar-refractivity contribution in [2.24, 2.45) is 0 Å². The van der Waals surface area contributed by atoms with E-state index in [1.807, 2.05) is 0 Å². The molecule has 0 saturated carbocycles. The molecule has 2 aliphatic rings. The third kappa shape index (κ3) is 0.969. The molecular weight excluding hydrogens is 152 g/mol. The zero-order chi connectivity index (χ0) is 8.01. The maximum absolute atomic E-state index is 9.28. The standard InChI is InChI=1S/C6H10O5/c7-3-2-1-10-5(3)4(8)6(9)11-2/h2-9H,1H2/t2?,3-,4?,5-,6+/m1/s1. The Morgan fingerprint density at radius 2 is 1.82 bits per heavy atom. The van der Waals surface area contributed by atoms with Crippen LogP contribution < -0.4 is 0 Å². The molecule has 0 aromatic heterocycles. The Morgan fingerprint density at radius 3 is 2.55 bits per heavy atom. The molecular formula is C6H10O5. The molecule has 11 heavy (non-hydrogen) atoms. The summed E-state index contributed by atoms with van der Waals surface area (Å²) in [4.78, 5) is 0. The van der Waals surface area contributed by atoms with Crippen molar-refractivity contribution in [3.63, 3.8) is 0 Å². The summed E-state index contributed by atoms with van der Waals surface area (Å²) in [7, 11) is 0. The van der Waals surface area contributed by atoms with Gasteiger partial charge in [-0.2, -0.15) is 0 Å². The van der Waals surface area contributed by atoms with Crippen molar-refractivity contribution in [1.29, 1.82) is 0 Å². The monoisotopic (exact) mass is 162 g/mol. The summed E-state index contributed by atoms with van der Waals surface area (Å²) < 4.78 is 9.82. The third-order valence-electron chi connectivity index (χ3n) is 2.11. The van der Waals surface area contributed by atoms with Crippen LogP contribution in [0.15, 0.2) is 0 Å². The van der Waals surface area contributed by atoms with Gasteiger partial charge in [0.25, 0.3) is 0 Å². The van der Waals surface area contributed by atoms with Crippen molar-refractivity contribution in [3.05, 3.63) is 0 Å².